The Bertz CT molecular complexity index is 1020. The number of rotatable bonds is 7. The summed E-state index contributed by atoms with van der Waals surface area (Å²) in [4.78, 5) is 29.3. The number of benzene rings is 2. The number of thioether (sulfide) groups is 1. The van der Waals surface area contributed by atoms with E-state index in [1.807, 2.05) is 18.2 Å². The number of aromatic nitrogens is 2. The summed E-state index contributed by atoms with van der Waals surface area (Å²) in [5, 5.41) is 3.84. The number of carbonyl (C=O) groups excluding carboxylic acids is 1. The fourth-order valence-electron chi connectivity index (χ4n) is 2.67. The fourth-order valence-corrected chi connectivity index (χ4v) is 3.89. The van der Waals surface area contributed by atoms with Gasteiger partial charge in [-0.15, -0.1) is 0 Å². The molecule has 1 heterocycles. The third-order valence-corrected chi connectivity index (χ3v) is 5.19. The molecule has 28 heavy (non-hydrogen) atoms. The first kappa shape index (κ1) is 20.2. The van der Waals surface area contributed by atoms with E-state index in [0.29, 0.717) is 21.6 Å². The lowest BCUT2D eigenvalue weighted by molar-refractivity contribution is -0.116. The summed E-state index contributed by atoms with van der Waals surface area (Å²) >= 11 is 7.42. The summed E-state index contributed by atoms with van der Waals surface area (Å²) in [5.74, 6) is 0.454. The molecule has 0 saturated carbocycles. The van der Waals surface area contributed by atoms with Gasteiger partial charge in [0.1, 0.15) is 6.54 Å². The molecule has 144 valence electrons. The summed E-state index contributed by atoms with van der Waals surface area (Å²) < 4.78 is 1.41. The lowest BCUT2D eigenvalue weighted by Crippen LogP contribution is -2.29. The van der Waals surface area contributed by atoms with Crippen molar-refractivity contribution < 1.29 is 4.79 Å². The molecule has 3 rings (SSSR count). The Kier molecular flexibility index (Phi) is 6.90. The van der Waals surface area contributed by atoms with Crippen molar-refractivity contribution in [3.8, 4) is 0 Å². The number of aryl methyl sites for hydroxylation is 2. The maximum atomic E-state index is 12.4. The van der Waals surface area contributed by atoms with Crippen LogP contribution in [-0.2, 0) is 17.8 Å². The molecule has 2 aromatic carbocycles. The quantitative estimate of drug-likeness (QED) is 0.466. The van der Waals surface area contributed by atoms with E-state index in [4.69, 9.17) is 11.6 Å². The standard InChI is InChI=1S/C21H20ClN3O2S/c1-15-12-20(27)25(14-19(26)24-18-9-5-8-17(22)13-18)21(23-15)28-11-10-16-6-3-2-4-7-16/h2-9,12-13H,10-11,14H2,1H3,(H,24,26). The van der Waals surface area contributed by atoms with Gasteiger partial charge in [0.2, 0.25) is 5.91 Å². The van der Waals surface area contributed by atoms with Crippen LogP contribution in [0.3, 0.4) is 0 Å². The topological polar surface area (TPSA) is 64.0 Å². The summed E-state index contributed by atoms with van der Waals surface area (Å²) in [7, 11) is 0. The van der Waals surface area contributed by atoms with Crippen LogP contribution in [0.2, 0.25) is 5.02 Å². The zero-order valence-electron chi connectivity index (χ0n) is 15.4. The largest absolute Gasteiger partial charge is 0.324 e. The molecule has 0 aliphatic rings. The molecule has 3 aromatic rings. The van der Waals surface area contributed by atoms with E-state index in [-0.39, 0.29) is 18.0 Å². The number of nitrogens with one attached hydrogen (secondary N) is 1. The third-order valence-electron chi connectivity index (χ3n) is 3.98. The van der Waals surface area contributed by atoms with Crippen LogP contribution in [0.1, 0.15) is 11.3 Å². The minimum Gasteiger partial charge on any atom is -0.324 e. The molecule has 0 radical (unpaired) electrons. The predicted octanol–water partition coefficient (Wildman–Crippen LogP) is 4.18. The molecule has 0 unspecified atom stereocenters. The molecule has 0 bridgehead atoms. The molecule has 5 nitrogen and oxygen atoms in total. The van der Waals surface area contributed by atoms with Gasteiger partial charge >= 0.3 is 0 Å². The van der Waals surface area contributed by atoms with Gasteiger partial charge in [0.15, 0.2) is 5.16 Å². The van der Waals surface area contributed by atoms with E-state index >= 15 is 0 Å². The highest BCUT2D eigenvalue weighted by atomic mass is 35.5. The van der Waals surface area contributed by atoms with E-state index in [2.05, 4.69) is 22.4 Å². The second kappa shape index (κ2) is 9.57. The predicted molar refractivity (Wildman–Crippen MR) is 114 cm³/mol. The lowest BCUT2D eigenvalue weighted by atomic mass is 10.2. The number of hydrogen-bond acceptors (Lipinski definition) is 4. The highest BCUT2D eigenvalue weighted by Gasteiger charge is 2.12. The zero-order valence-corrected chi connectivity index (χ0v) is 17.0. The van der Waals surface area contributed by atoms with Crippen LogP contribution in [0, 0.1) is 6.92 Å². The first-order chi connectivity index (χ1) is 13.5. The van der Waals surface area contributed by atoms with Crippen LogP contribution < -0.4 is 10.9 Å². The minimum absolute atomic E-state index is 0.105. The van der Waals surface area contributed by atoms with Gasteiger partial charge in [-0.1, -0.05) is 59.8 Å². The van der Waals surface area contributed by atoms with Crippen molar-refractivity contribution in [1.82, 2.24) is 9.55 Å². The van der Waals surface area contributed by atoms with Gasteiger partial charge in [0.05, 0.1) is 0 Å². The zero-order chi connectivity index (χ0) is 19.9. The van der Waals surface area contributed by atoms with Crippen LogP contribution in [-0.4, -0.2) is 21.2 Å². The van der Waals surface area contributed by atoms with Crippen molar-refractivity contribution in [2.45, 2.75) is 25.0 Å². The number of amides is 1. The van der Waals surface area contributed by atoms with Crippen molar-refractivity contribution >= 4 is 35.0 Å². The van der Waals surface area contributed by atoms with Gasteiger partial charge in [-0.2, -0.15) is 0 Å². The Balaban J connectivity index is 1.70. The van der Waals surface area contributed by atoms with Gasteiger partial charge < -0.3 is 5.32 Å². The fraction of sp³-hybridized carbons (Fsp3) is 0.190. The molecule has 1 amide bonds. The normalized spacial score (nSPS) is 10.6. The molecule has 0 saturated heterocycles. The SMILES string of the molecule is Cc1cc(=O)n(CC(=O)Nc2cccc(Cl)c2)c(SCCc2ccccc2)n1. The number of anilines is 1. The van der Waals surface area contributed by atoms with Crippen LogP contribution in [0.25, 0.3) is 0 Å². The molecule has 1 aromatic heterocycles. The summed E-state index contributed by atoms with van der Waals surface area (Å²) in [6.07, 6.45) is 0.851. The second-order valence-electron chi connectivity index (χ2n) is 6.25. The minimum atomic E-state index is -0.306. The molecule has 0 spiro atoms. The van der Waals surface area contributed by atoms with Crippen molar-refractivity contribution in [3.05, 3.63) is 87.3 Å². The van der Waals surface area contributed by atoms with Crippen LogP contribution in [0.5, 0.6) is 0 Å². The van der Waals surface area contributed by atoms with E-state index < -0.39 is 0 Å². The van der Waals surface area contributed by atoms with E-state index in [9.17, 15) is 9.59 Å². The Morgan fingerprint density at radius 3 is 2.68 bits per heavy atom. The lowest BCUT2D eigenvalue weighted by Gasteiger charge is -2.12. The molecule has 0 aliphatic carbocycles. The highest BCUT2D eigenvalue weighted by Crippen LogP contribution is 2.18. The Morgan fingerprint density at radius 1 is 1.14 bits per heavy atom. The number of hydrogen-bond donors (Lipinski definition) is 1. The van der Waals surface area contributed by atoms with Crippen LogP contribution in [0.15, 0.2) is 70.6 Å². The summed E-state index contributed by atoms with van der Waals surface area (Å²) in [6.45, 7) is 1.67. The molecular formula is C21H20ClN3O2S. The summed E-state index contributed by atoms with van der Waals surface area (Å²) in [6, 6.07) is 18.4. The maximum Gasteiger partial charge on any atom is 0.254 e. The van der Waals surface area contributed by atoms with Gasteiger partial charge in [-0.3, -0.25) is 14.2 Å². The number of carbonyl (C=O) groups is 1. The molecular weight excluding hydrogens is 394 g/mol. The third kappa shape index (κ3) is 5.71. The molecule has 0 aliphatic heterocycles. The monoisotopic (exact) mass is 413 g/mol. The van der Waals surface area contributed by atoms with Crippen molar-refractivity contribution in [2.24, 2.45) is 0 Å². The van der Waals surface area contributed by atoms with Crippen LogP contribution >= 0.6 is 23.4 Å². The second-order valence-corrected chi connectivity index (χ2v) is 7.75. The molecule has 1 N–H and O–H groups in total. The Labute approximate surface area is 172 Å². The molecule has 0 fully saturated rings. The van der Waals surface area contributed by atoms with E-state index in [0.717, 1.165) is 12.2 Å². The molecule has 7 heteroatoms. The van der Waals surface area contributed by atoms with Crippen molar-refractivity contribution in [2.75, 3.05) is 11.1 Å². The summed E-state index contributed by atoms with van der Waals surface area (Å²) in [5.41, 5.74) is 2.20. The average Bonchev–Trinajstić information content (AvgIpc) is 2.65. The van der Waals surface area contributed by atoms with Crippen molar-refractivity contribution in [1.29, 1.82) is 0 Å². The first-order valence-corrected chi connectivity index (χ1v) is 10.2. The van der Waals surface area contributed by atoms with Gasteiger partial charge in [0, 0.05) is 28.2 Å². The average molecular weight is 414 g/mol. The smallest absolute Gasteiger partial charge is 0.254 e. The van der Waals surface area contributed by atoms with Gasteiger partial charge in [-0.25, -0.2) is 4.98 Å². The van der Waals surface area contributed by atoms with E-state index in [1.54, 1.807) is 31.2 Å². The van der Waals surface area contributed by atoms with Crippen LogP contribution in [0.4, 0.5) is 5.69 Å². The van der Waals surface area contributed by atoms with E-state index in [1.165, 1.54) is 28.0 Å². The first-order valence-electron chi connectivity index (χ1n) is 8.82. The number of nitrogens with zero attached hydrogens (tertiary/aromatic N) is 2. The highest BCUT2D eigenvalue weighted by molar-refractivity contribution is 7.99. The maximum absolute atomic E-state index is 12.4. The number of halogens is 1. The van der Waals surface area contributed by atoms with Crippen molar-refractivity contribution in [3.63, 3.8) is 0 Å². The Morgan fingerprint density at radius 2 is 1.93 bits per heavy atom. The molecule has 0 atom stereocenters. The van der Waals surface area contributed by atoms with Gasteiger partial charge in [-0.05, 0) is 37.1 Å². The van der Waals surface area contributed by atoms with Gasteiger partial charge in [0.25, 0.3) is 5.56 Å². The Hall–Kier alpha value is -2.57.